The number of carbonyl (C=O) groups excluding carboxylic acids is 2. The van der Waals surface area contributed by atoms with Gasteiger partial charge in [0.2, 0.25) is 5.91 Å². The van der Waals surface area contributed by atoms with Gasteiger partial charge in [-0.15, -0.1) is 0 Å². The fourth-order valence-corrected chi connectivity index (χ4v) is 2.92. The first-order chi connectivity index (χ1) is 15.2. The third-order valence-electron chi connectivity index (χ3n) is 4.79. The van der Waals surface area contributed by atoms with Crippen molar-refractivity contribution in [1.29, 1.82) is 0 Å². The molecule has 2 aromatic rings. The van der Waals surface area contributed by atoms with Gasteiger partial charge < -0.3 is 26.2 Å². The van der Waals surface area contributed by atoms with Crippen molar-refractivity contribution in [2.24, 2.45) is 11.7 Å². The second-order valence-corrected chi connectivity index (χ2v) is 8.12. The van der Waals surface area contributed by atoms with Gasteiger partial charge >= 0.3 is 5.97 Å². The number of amides is 2. The smallest absolute Gasteiger partial charge is 0.322 e. The summed E-state index contributed by atoms with van der Waals surface area (Å²) < 4.78 is 5.75. The molecule has 8 nitrogen and oxygen atoms in total. The lowest BCUT2D eigenvalue weighted by molar-refractivity contribution is -0.138. The Morgan fingerprint density at radius 2 is 1.81 bits per heavy atom. The van der Waals surface area contributed by atoms with E-state index in [1.54, 1.807) is 6.07 Å². The molecule has 0 aromatic heterocycles. The molecule has 0 radical (unpaired) electrons. The molecular weight excluding hydrogens is 434 g/mol. The van der Waals surface area contributed by atoms with E-state index in [-0.39, 0.29) is 36.3 Å². The van der Waals surface area contributed by atoms with E-state index in [9.17, 15) is 14.4 Å². The van der Waals surface area contributed by atoms with Crippen LogP contribution in [0.3, 0.4) is 0 Å². The Labute approximate surface area is 192 Å². The molecule has 0 saturated heterocycles. The summed E-state index contributed by atoms with van der Waals surface area (Å²) in [5.41, 5.74) is 7.03. The predicted octanol–water partition coefficient (Wildman–Crippen LogP) is 2.24. The lowest BCUT2D eigenvalue weighted by Gasteiger charge is -2.21. The van der Waals surface area contributed by atoms with Gasteiger partial charge in [-0.05, 0) is 29.7 Å². The zero-order chi connectivity index (χ0) is 23.7. The molecule has 9 heteroatoms. The van der Waals surface area contributed by atoms with Crippen LogP contribution < -0.4 is 21.1 Å². The van der Waals surface area contributed by atoms with E-state index in [0.717, 1.165) is 5.56 Å². The number of aliphatic carboxylic acids is 1. The lowest BCUT2D eigenvalue weighted by atomic mass is 10.0. The normalized spacial score (nSPS) is 12.7. The molecule has 0 saturated carbocycles. The first-order valence-corrected chi connectivity index (χ1v) is 10.6. The monoisotopic (exact) mass is 461 g/mol. The molecule has 0 unspecified atom stereocenters. The van der Waals surface area contributed by atoms with Gasteiger partial charge in [-0.25, -0.2) is 0 Å². The molecular formula is C23H28ClN3O5. The van der Waals surface area contributed by atoms with Crippen LogP contribution in [0, 0.1) is 5.92 Å². The first-order valence-electron chi connectivity index (χ1n) is 10.2. The minimum Gasteiger partial charge on any atom is -0.491 e. The summed E-state index contributed by atoms with van der Waals surface area (Å²) in [6.45, 7) is 3.56. The van der Waals surface area contributed by atoms with E-state index in [0.29, 0.717) is 5.02 Å². The molecule has 2 rings (SSSR count). The Balaban J connectivity index is 2.22. The SMILES string of the molecule is CC(C)[C@H](N)COc1cc(Cl)ccc1C(=O)N[C@@H](Cc1ccccc1)C(=O)NCC(=O)O. The maximum absolute atomic E-state index is 13.0. The fourth-order valence-electron chi connectivity index (χ4n) is 2.76. The van der Waals surface area contributed by atoms with Crippen molar-refractivity contribution in [2.45, 2.75) is 32.4 Å². The van der Waals surface area contributed by atoms with E-state index >= 15 is 0 Å². The lowest BCUT2D eigenvalue weighted by Crippen LogP contribution is -2.49. The second kappa shape index (κ2) is 12.1. The van der Waals surface area contributed by atoms with Crippen LogP contribution in [-0.4, -0.2) is 48.1 Å². The van der Waals surface area contributed by atoms with Gasteiger partial charge in [0.1, 0.15) is 24.9 Å². The number of halogens is 1. The standard InChI is InChI=1S/C23H28ClN3O5/c1-14(2)18(25)13-32-20-11-16(24)8-9-17(20)22(30)27-19(23(31)26-12-21(28)29)10-15-6-4-3-5-7-15/h3-9,11,14,18-19H,10,12-13,25H2,1-2H3,(H,26,31)(H,27,30)(H,28,29)/t18-,19+/m1/s1. The number of hydrogen-bond acceptors (Lipinski definition) is 5. The Morgan fingerprint density at radius 3 is 2.44 bits per heavy atom. The molecule has 0 aliphatic heterocycles. The Bertz CT molecular complexity index is 936. The van der Waals surface area contributed by atoms with Gasteiger partial charge in [-0.2, -0.15) is 0 Å². The molecule has 0 spiro atoms. The highest BCUT2D eigenvalue weighted by molar-refractivity contribution is 6.30. The maximum Gasteiger partial charge on any atom is 0.322 e. The Hall–Kier alpha value is -3.10. The predicted molar refractivity (Wildman–Crippen MR) is 122 cm³/mol. The van der Waals surface area contributed by atoms with E-state index in [1.165, 1.54) is 12.1 Å². The van der Waals surface area contributed by atoms with Crippen LogP contribution >= 0.6 is 11.6 Å². The second-order valence-electron chi connectivity index (χ2n) is 7.69. The van der Waals surface area contributed by atoms with Crippen LogP contribution in [0.25, 0.3) is 0 Å². The molecule has 0 heterocycles. The van der Waals surface area contributed by atoms with Gasteiger partial charge in [0.25, 0.3) is 5.91 Å². The highest BCUT2D eigenvalue weighted by atomic mass is 35.5. The van der Waals surface area contributed by atoms with Gasteiger partial charge in [0.05, 0.1) is 5.56 Å². The van der Waals surface area contributed by atoms with E-state index < -0.39 is 30.4 Å². The van der Waals surface area contributed by atoms with Crippen molar-refractivity contribution >= 4 is 29.4 Å². The zero-order valence-corrected chi connectivity index (χ0v) is 18.8. The van der Waals surface area contributed by atoms with Crippen LogP contribution in [0.2, 0.25) is 5.02 Å². The van der Waals surface area contributed by atoms with Crippen molar-refractivity contribution in [3.8, 4) is 5.75 Å². The molecule has 5 N–H and O–H groups in total. The summed E-state index contributed by atoms with van der Waals surface area (Å²) in [6.07, 6.45) is 0.181. The molecule has 0 aliphatic carbocycles. The molecule has 32 heavy (non-hydrogen) atoms. The number of carboxylic acids is 1. The van der Waals surface area contributed by atoms with Crippen LogP contribution in [0.4, 0.5) is 0 Å². The van der Waals surface area contributed by atoms with Crippen LogP contribution in [0.15, 0.2) is 48.5 Å². The number of nitrogens with two attached hydrogens (primary N) is 1. The van der Waals surface area contributed by atoms with E-state index in [4.69, 9.17) is 27.2 Å². The average molecular weight is 462 g/mol. The van der Waals surface area contributed by atoms with Crippen molar-refractivity contribution in [3.63, 3.8) is 0 Å². The number of rotatable bonds is 11. The van der Waals surface area contributed by atoms with Crippen LogP contribution in [0.5, 0.6) is 5.75 Å². The first kappa shape index (κ1) is 25.2. The van der Waals surface area contributed by atoms with Gasteiger partial charge in [-0.1, -0.05) is 55.8 Å². The summed E-state index contributed by atoms with van der Waals surface area (Å²) in [5.74, 6) is -1.92. The van der Waals surface area contributed by atoms with Crippen LogP contribution in [0.1, 0.15) is 29.8 Å². The highest BCUT2D eigenvalue weighted by Gasteiger charge is 2.24. The summed E-state index contributed by atoms with van der Waals surface area (Å²) in [7, 11) is 0. The topological polar surface area (TPSA) is 131 Å². The van der Waals surface area contributed by atoms with Gasteiger partial charge in [0.15, 0.2) is 0 Å². The third kappa shape index (κ3) is 7.86. The number of ether oxygens (including phenoxy) is 1. The molecule has 2 aromatic carbocycles. The van der Waals surface area contributed by atoms with Gasteiger partial charge in [0, 0.05) is 17.5 Å². The Morgan fingerprint density at radius 1 is 1.12 bits per heavy atom. The minimum atomic E-state index is -1.18. The third-order valence-corrected chi connectivity index (χ3v) is 5.03. The summed E-state index contributed by atoms with van der Waals surface area (Å²) in [4.78, 5) is 36.5. The number of nitrogens with one attached hydrogen (secondary N) is 2. The fraction of sp³-hybridized carbons (Fsp3) is 0.348. The highest BCUT2D eigenvalue weighted by Crippen LogP contribution is 2.24. The number of carboxylic acid groups (broad SMARTS) is 1. The molecule has 2 amide bonds. The maximum atomic E-state index is 13.0. The zero-order valence-electron chi connectivity index (χ0n) is 18.0. The molecule has 0 aliphatic rings. The molecule has 2 atom stereocenters. The van der Waals surface area contributed by atoms with Crippen molar-refractivity contribution in [3.05, 3.63) is 64.7 Å². The van der Waals surface area contributed by atoms with Crippen molar-refractivity contribution in [1.82, 2.24) is 10.6 Å². The minimum absolute atomic E-state index is 0.180. The summed E-state index contributed by atoms with van der Waals surface area (Å²) >= 11 is 6.07. The Kier molecular flexibility index (Phi) is 9.49. The van der Waals surface area contributed by atoms with Crippen molar-refractivity contribution in [2.75, 3.05) is 13.2 Å². The number of carbonyl (C=O) groups is 3. The quantitative estimate of drug-likeness (QED) is 0.406. The average Bonchev–Trinajstić information content (AvgIpc) is 2.75. The summed E-state index contributed by atoms with van der Waals surface area (Å²) in [6, 6.07) is 12.4. The van der Waals surface area contributed by atoms with Gasteiger partial charge in [-0.3, -0.25) is 14.4 Å². The van der Waals surface area contributed by atoms with E-state index in [2.05, 4.69) is 10.6 Å². The molecule has 0 bridgehead atoms. The molecule has 0 fully saturated rings. The largest absolute Gasteiger partial charge is 0.491 e. The summed E-state index contributed by atoms with van der Waals surface area (Å²) in [5, 5.41) is 14.2. The van der Waals surface area contributed by atoms with Crippen LogP contribution in [-0.2, 0) is 16.0 Å². The number of hydrogen-bond donors (Lipinski definition) is 4. The number of benzene rings is 2. The van der Waals surface area contributed by atoms with E-state index in [1.807, 2.05) is 44.2 Å². The molecule has 172 valence electrons. The van der Waals surface area contributed by atoms with Crippen molar-refractivity contribution < 1.29 is 24.2 Å².